The van der Waals surface area contributed by atoms with Crippen LogP contribution in [0, 0.1) is 5.92 Å². The number of aliphatic hydroxyl groups excluding tert-OH is 1. The van der Waals surface area contributed by atoms with Crippen LogP contribution in [0.4, 0.5) is 0 Å². The molecular formula is C32H44N2O11. The van der Waals surface area contributed by atoms with E-state index in [4.69, 9.17) is 23.8 Å². The predicted octanol–water partition coefficient (Wildman–Crippen LogP) is 2.23. The maximum atomic E-state index is 12.5. The Labute approximate surface area is 262 Å². The Morgan fingerprint density at radius 3 is 2.49 bits per heavy atom. The quantitative estimate of drug-likeness (QED) is 0.122. The first kappa shape index (κ1) is 34.2. The van der Waals surface area contributed by atoms with E-state index in [1.165, 1.54) is 31.2 Å². The molecule has 248 valence electrons. The maximum Gasteiger partial charge on any atom is 0.335 e. The SMILES string of the molecule is CC(=O)OC(C)C=CC(=O)NC1CC(C)C(CC=C(C)C=CC2OC(CC(=O)On3c(O)ccc3O)CC3(CO3)C2O)OC1C. The van der Waals surface area contributed by atoms with E-state index in [1.54, 1.807) is 13.0 Å². The summed E-state index contributed by atoms with van der Waals surface area (Å²) in [7, 11) is 0. The normalized spacial score (nSPS) is 32.5. The van der Waals surface area contributed by atoms with Gasteiger partial charge < -0.3 is 44.4 Å². The van der Waals surface area contributed by atoms with Gasteiger partial charge in [-0.15, -0.1) is 4.73 Å². The number of aliphatic hydroxyl groups is 1. The van der Waals surface area contributed by atoms with Crippen LogP contribution in [0.2, 0.25) is 0 Å². The van der Waals surface area contributed by atoms with Crippen LogP contribution >= 0.6 is 0 Å². The van der Waals surface area contributed by atoms with Crippen LogP contribution in [-0.4, -0.2) is 92.8 Å². The Morgan fingerprint density at radius 1 is 1.16 bits per heavy atom. The molecule has 0 bridgehead atoms. The molecule has 3 aliphatic rings. The molecule has 1 aromatic rings. The third-order valence-electron chi connectivity index (χ3n) is 8.31. The number of ether oxygens (including phenoxy) is 4. The topological polar surface area (TPSA) is 178 Å². The molecule has 0 radical (unpaired) electrons. The van der Waals surface area contributed by atoms with Crippen molar-refractivity contribution in [2.24, 2.45) is 5.92 Å². The van der Waals surface area contributed by atoms with Gasteiger partial charge in [-0.2, -0.15) is 0 Å². The van der Waals surface area contributed by atoms with E-state index in [0.717, 1.165) is 12.0 Å². The van der Waals surface area contributed by atoms with Crippen molar-refractivity contribution in [1.29, 1.82) is 0 Å². The van der Waals surface area contributed by atoms with Gasteiger partial charge in [-0.1, -0.05) is 30.7 Å². The van der Waals surface area contributed by atoms with Gasteiger partial charge in [-0.25, -0.2) is 4.79 Å². The summed E-state index contributed by atoms with van der Waals surface area (Å²) in [6, 6.07) is 2.22. The fourth-order valence-electron chi connectivity index (χ4n) is 5.71. The lowest BCUT2D eigenvalue weighted by Crippen LogP contribution is -2.50. The summed E-state index contributed by atoms with van der Waals surface area (Å²) < 4.78 is 23.5. The van der Waals surface area contributed by atoms with Gasteiger partial charge in [-0.3, -0.25) is 9.59 Å². The standard InChI is InChI=1S/C32H44N2O11/c1-18(6-9-25-19(2)14-24(21(4)43-25)33-27(36)11-8-20(3)42-22(5)35)7-10-26-31(40)32(17-41-32)16-23(44-26)15-30(39)45-34-28(37)12-13-29(34)38/h6-8,10-13,19-21,23-26,31,37-38,40H,9,14-17H2,1-5H3,(H,33,36). The van der Waals surface area contributed by atoms with Crippen molar-refractivity contribution in [2.75, 3.05) is 6.61 Å². The average molecular weight is 633 g/mol. The smallest absolute Gasteiger partial charge is 0.335 e. The monoisotopic (exact) mass is 632 g/mol. The van der Waals surface area contributed by atoms with Gasteiger partial charge in [0.1, 0.15) is 23.9 Å². The van der Waals surface area contributed by atoms with E-state index in [0.29, 0.717) is 24.2 Å². The molecule has 45 heavy (non-hydrogen) atoms. The molecule has 1 amide bonds. The van der Waals surface area contributed by atoms with Crippen LogP contribution < -0.4 is 10.2 Å². The second kappa shape index (κ2) is 14.6. The summed E-state index contributed by atoms with van der Waals surface area (Å²) in [6.45, 7) is 9.29. The molecule has 9 atom stereocenters. The molecule has 9 unspecified atom stereocenters. The minimum Gasteiger partial charge on any atom is -0.492 e. The van der Waals surface area contributed by atoms with Crippen molar-refractivity contribution in [2.45, 2.75) is 109 Å². The van der Waals surface area contributed by atoms with Crippen LogP contribution in [0.25, 0.3) is 0 Å². The fraction of sp³-hybridized carbons (Fsp3) is 0.594. The summed E-state index contributed by atoms with van der Waals surface area (Å²) in [5.41, 5.74) is 0.139. The zero-order valence-electron chi connectivity index (χ0n) is 26.3. The maximum absolute atomic E-state index is 12.5. The summed E-state index contributed by atoms with van der Waals surface area (Å²) in [4.78, 5) is 41.0. The molecule has 3 aliphatic heterocycles. The first-order chi connectivity index (χ1) is 21.3. The van der Waals surface area contributed by atoms with Crippen molar-refractivity contribution in [3.8, 4) is 11.8 Å². The highest BCUT2D eigenvalue weighted by molar-refractivity contribution is 5.87. The van der Waals surface area contributed by atoms with Gasteiger partial charge in [0.05, 0.1) is 37.4 Å². The molecule has 0 aliphatic carbocycles. The molecule has 1 spiro atoms. The molecule has 3 fully saturated rings. The molecule has 1 aromatic heterocycles. The van der Waals surface area contributed by atoms with Crippen molar-refractivity contribution >= 4 is 17.8 Å². The van der Waals surface area contributed by atoms with Crippen LogP contribution in [0.15, 0.2) is 48.1 Å². The molecule has 4 rings (SSSR count). The van der Waals surface area contributed by atoms with E-state index in [1.807, 2.05) is 26.0 Å². The number of allylic oxidation sites excluding steroid dienone is 2. The van der Waals surface area contributed by atoms with Crippen LogP contribution in [-0.2, 0) is 33.3 Å². The lowest BCUT2D eigenvalue weighted by molar-refractivity contribution is -0.161. The Kier molecular flexibility index (Phi) is 11.1. The Balaban J connectivity index is 1.27. The van der Waals surface area contributed by atoms with Gasteiger partial charge in [0.2, 0.25) is 17.7 Å². The minimum absolute atomic E-state index is 0.0507. The lowest BCUT2D eigenvalue weighted by Gasteiger charge is -2.39. The fourth-order valence-corrected chi connectivity index (χ4v) is 5.71. The molecule has 0 saturated carbocycles. The van der Waals surface area contributed by atoms with E-state index in [-0.39, 0.29) is 36.5 Å². The van der Waals surface area contributed by atoms with E-state index in [2.05, 4.69) is 12.2 Å². The number of hydrogen-bond acceptors (Lipinski definition) is 11. The highest BCUT2D eigenvalue weighted by Crippen LogP contribution is 2.43. The number of rotatable bonds is 11. The Hall–Kier alpha value is -3.65. The number of nitrogens with zero attached hydrogens (tertiary/aromatic N) is 1. The molecule has 13 nitrogen and oxygen atoms in total. The third kappa shape index (κ3) is 9.19. The van der Waals surface area contributed by atoms with Gasteiger partial charge in [-0.05, 0) is 45.6 Å². The zero-order chi connectivity index (χ0) is 32.9. The highest BCUT2D eigenvalue weighted by Gasteiger charge is 2.58. The van der Waals surface area contributed by atoms with Crippen molar-refractivity contribution < 1.29 is 53.5 Å². The number of aromatic hydroxyl groups is 2. The Bertz CT molecular complexity index is 1290. The van der Waals surface area contributed by atoms with E-state index >= 15 is 0 Å². The Morgan fingerprint density at radius 2 is 1.84 bits per heavy atom. The molecule has 4 heterocycles. The number of carbonyl (C=O) groups excluding carboxylic acids is 3. The summed E-state index contributed by atoms with van der Waals surface area (Å²) in [5.74, 6) is -2.07. The lowest BCUT2D eigenvalue weighted by atomic mass is 9.87. The van der Waals surface area contributed by atoms with Crippen molar-refractivity contribution in [3.63, 3.8) is 0 Å². The van der Waals surface area contributed by atoms with E-state index < -0.39 is 53.7 Å². The van der Waals surface area contributed by atoms with E-state index in [9.17, 15) is 29.7 Å². The van der Waals surface area contributed by atoms with Crippen LogP contribution in [0.1, 0.15) is 60.3 Å². The van der Waals surface area contributed by atoms with Crippen LogP contribution in [0.3, 0.4) is 0 Å². The van der Waals surface area contributed by atoms with Crippen molar-refractivity contribution in [1.82, 2.24) is 10.0 Å². The zero-order valence-corrected chi connectivity index (χ0v) is 26.3. The second-order valence-electron chi connectivity index (χ2n) is 12.2. The number of carbonyl (C=O) groups is 3. The molecule has 3 saturated heterocycles. The number of aromatic nitrogens is 1. The predicted molar refractivity (Wildman–Crippen MR) is 160 cm³/mol. The number of hydrogen-bond donors (Lipinski definition) is 4. The van der Waals surface area contributed by atoms with Gasteiger partial charge >= 0.3 is 11.9 Å². The number of esters is 1. The molecule has 4 N–H and O–H groups in total. The molecular weight excluding hydrogens is 588 g/mol. The minimum atomic E-state index is -0.916. The number of amides is 1. The largest absolute Gasteiger partial charge is 0.492 e. The van der Waals surface area contributed by atoms with Gasteiger partial charge in [0.15, 0.2) is 0 Å². The number of nitrogens with one attached hydrogen (secondary N) is 1. The molecule has 0 aromatic carbocycles. The van der Waals surface area contributed by atoms with Gasteiger partial charge in [0.25, 0.3) is 0 Å². The summed E-state index contributed by atoms with van der Waals surface area (Å²) in [5, 5.41) is 33.3. The average Bonchev–Trinajstić information content (AvgIpc) is 3.67. The second-order valence-corrected chi connectivity index (χ2v) is 12.2. The summed E-state index contributed by atoms with van der Waals surface area (Å²) >= 11 is 0. The van der Waals surface area contributed by atoms with Crippen LogP contribution in [0.5, 0.6) is 11.8 Å². The first-order valence-corrected chi connectivity index (χ1v) is 15.2. The third-order valence-corrected chi connectivity index (χ3v) is 8.31. The molecule has 13 heteroatoms. The van der Waals surface area contributed by atoms with Crippen molar-refractivity contribution in [3.05, 3.63) is 48.1 Å². The van der Waals surface area contributed by atoms with Gasteiger partial charge in [0, 0.05) is 31.6 Å². The number of epoxide rings is 1. The highest BCUT2D eigenvalue weighted by atomic mass is 16.7. The first-order valence-electron chi connectivity index (χ1n) is 15.2. The summed E-state index contributed by atoms with van der Waals surface area (Å²) in [6.07, 6.45) is 7.07.